The maximum absolute atomic E-state index is 12.2. The Labute approximate surface area is 168 Å². The fraction of sp³-hybridized carbons (Fsp3) is 0.130. The number of fused-ring (bicyclic) bond motifs is 1. The zero-order chi connectivity index (χ0) is 20.1. The molecule has 0 radical (unpaired) electrons. The van der Waals surface area contributed by atoms with E-state index in [1.165, 1.54) is 0 Å². The number of anilines is 2. The highest BCUT2D eigenvalue weighted by Gasteiger charge is 2.15. The second-order valence-electron chi connectivity index (χ2n) is 6.64. The summed E-state index contributed by atoms with van der Waals surface area (Å²) < 4.78 is 11.3. The molecule has 0 atom stereocenters. The first-order valence-corrected chi connectivity index (χ1v) is 9.34. The smallest absolute Gasteiger partial charge is 0.262 e. The Morgan fingerprint density at radius 1 is 0.897 bits per heavy atom. The highest BCUT2D eigenvalue weighted by Crippen LogP contribution is 2.27. The maximum atomic E-state index is 12.2. The molecule has 0 unspecified atom stereocenters. The lowest BCUT2D eigenvalue weighted by molar-refractivity contribution is -0.118. The van der Waals surface area contributed by atoms with Crippen LogP contribution in [0.3, 0.4) is 0 Å². The van der Waals surface area contributed by atoms with Gasteiger partial charge in [-0.2, -0.15) is 0 Å². The van der Waals surface area contributed by atoms with Crippen LogP contribution in [0.1, 0.15) is 12.0 Å². The van der Waals surface area contributed by atoms with E-state index in [1.54, 1.807) is 36.4 Å². The molecule has 4 rings (SSSR count). The molecule has 0 aliphatic carbocycles. The number of carbonyl (C=O) groups is 2. The Hall–Kier alpha value is -3.80. The number of aryl methyl sites for hydroxylation is 1. The van der Waals surface area contributed by atoms with Gasteiger partial charge in [-0.25, -0.2) is 0 Å². The Morgan fingerprint density at radius 2 is 1.62 bits per heavy atom. The molecule has 1 heterocycles. The molecule has 0 saturated carbocycles. The number of hydrogen-bond donors (Lipinski definition) is 2. The van der Waals surface area contributed by atoms with E-state index in [1.807, 2.05) is 36.4 Å². The van der Waals surface area contributed by atoms with Crippen molar-refractivity contribution in [2.75, 3.05) is 17.2 Å². The van der Waals surface area contributed by atoms with Crippen LogP contribution >= 0.6 is 0 Å². The predicted octanol–water partition coefficient (Wildman–Crippen LogP) is 4.38. The van der Waals surface area contributed by atoms with Crippen LogP contribution in [0.4, 0.5) is 11.4 Å². The first kappa shape index (κ1) is 18.6. The van der Waals surface area contributed by atoms with Gasteiger partial charge in [0.1, 0.15) is 17.2 Å². The number of amides is 2. The second-order valence-corrected chi connectivity index (χ2v) is 6.64. The van der Waals surface area contributed by atoms with Gasteiger partial charge in [0.05, 0.1) is 0 Å². The van der Waals surface area contributed by atoms with Gasteiger partial charge in [-0.05, 0) is 66.6 Å². The minimum Gasteiger partial charge on any atom is -0.484 e. The zero-order valence-electron chi connectivity index (χ0n) is 15.7. The molecule has 0 spiro atoms. The van der Waals surface area contributed by atoms with Gasteiger partial charge in [0.25, 0.3) is 5.91 Å². The third-order valence-electron chi connectivity index (χ3n) is 4.46. The van der Waals surface area contributed by atoms with Crippen molar-refractivity contribution < 1.29 is 19.1 Å². The second kappa shape index (κ2) is 8.48. The summed E-state index contributed by atoms with van der Waals surface area (Å²) in [6.45, 7) is -0.104. The Kier molecular flexibility index (Phi) is 5.42. The highest BCUT2D eigenvalue weighted by molar-refractivity contribution is 5.94. The fourth-order valence-corrected chi connectivity index (χ4v) is 3.03. The van der Waals surface area contributed by atoms with Crippen LogP contribution in [0.2, 0.25) is 0 Å². The van der Waals surface area contributed by atoms with Crippen molar-refractivity contribution in [1.82, 2.24) is 0 Å². The molecular weight excluding hydrogens is 368 g/mol. The lowest BCUT2D eigenvalue weighted by atomic mass is 10.0. The lowest BCUT2D eigenvalue weighted by Crippen LogP contribution is -2.21. The summed E-state index contributed by atoms with van der Waals surface area (Å²) in [5.74, 6) is 1.80. The van der Waals surface area contributed by atoms with Gasteiger partial charge in [0, 0.05) is 17.8 Å². The SMILES string of the molecule is O=C(COc1ccc2c(c1)CCC(=O)N2)Nc1ccc(Oc2ccccc2)cc1. The summed E-state index contributed by atoms with van der Waals surface area (Å²) in [5.41, 5.74) is 2.47. The zero-order valence-corrected chi connectivity index (χ0v) is 15.7. The Bertz CT molecular complexity index is 1020. The Morgan fingerprint density at radius 3 is 2.41 bits per heavy atom. The van der Waals surface area contributed by atoms with Gasteiger partial charge >= 0.3 is 0 Å². The first-order chi connectivity index (χ1) is 14.2. The van der Waals surface area contributed by atoms with Gasteiger partial charge in [-0.1, -0.05) is 18.2 Å². The topological polar surface area (TPSA) is 76.7 Å². The van der Waals surface area contributed by atoms with Crippen LogP contribution in [0.25, 0.3) is 0 Å². The molecule has 3 aromatic carbocycles. The summed E-state index contributed by atoms with van der Waals surface area (Å²) in [5, 5.41) is 5.62. The first-order valence-electron chi connectivity index (χ1n) is 9.34. The standard InChI is InChI=1S/C23H20N2O4/c26-22-13-6-16-14-20(11-12-21(16)25-22)28-15-23(27)24-17-7-9-19(10-8-17)29-18-4-2-1-3-5-18/h1-5,7-12,14H,6,13,15H2,(H,24,27)(H,25,26). The average molecular weight is 388 g/mol. The molecule has 2 amide bonds. The van der Waals surface area contributed by atoms with Gasteiger partial charge in [-0.15, -0.1) is 0 Å². The number of ether oxygens (including phenoxy) is 2. The summed E-state index contributed by atoms with van der Waals surface area (Å²) in [6, 6.07) is 22.0. The van der Waals surface area contributed by atoms with E-state index in [9.17, 15) is 9.59 Å². The molecule has 0 bridgehead atoms. The van der Waals surface area contributed by atoms with E-state index >= 15 is 0 Å². The number of para-hydroxylation sites is 1. The molecule has 0 saturated heterocycles. The van der Waals surface area contributed by atoms with Gasteiger partial charge in [0.2, 0.25) is 5.91 Å². The van der Waals surface area contributed by atoms with Crippen LogP contribution in [-0.2, 0) is 16.0 Å². The maximum Gasteiger partial charge on any atom is 0.262 e. The summed E-state index contributed by atoms with van der Waals surface area (Å²) in [4.78, 5) is 23.6. The van der Waals surface area contributed by atoms with Crippen LogP contribution in [-0.4, -0.2) is 18.4 Å². The van der Waals surface area contributed by atoms with Crippen molar-refractivity contribution >= 4 is 23.2 Å². The number of nitrogens with one attached hydrogen (secondary N) is 2. The van der Waals surface area contributed by atoms with Gasteiger partial charge in [0.15, 0.2) is 6.61 Å². The number of hydrogen-bond acceptors (Lipinski definition) is 4. The normalized spacial score (nSPS) is 12.5. The van der Waals surface area contributed by atoms with Crippen molar-refractivity contribution in [2.45, 2.75) is 12.8 Å². The average Bonchev–Trinajstić information content (AvgIpc) is 2.74. The minimum atomic E-state index is -0.257. The predicted molar refractivity (Wildman–Crippen MR) is 110 cm³/mol. The summed E-state index contributed by atoms with van der Waals surface area (Å²) in [6.07, 6.45) is 1.13. The highest BCUT2D eigenvalue weighted by atomic mass is 16.5. The number of rotatable bonds is 6. The lowest BCUT2D eigenvalue weighted by Gasteiger charge is -2.17. The summed E-state index contributed by atoms with van der Waals surface area (Å²) >= 11 is 0. The van der Waals surface area contributed by atoms with E-state index in [2.05, 4.69) is 10.6 Å². The van der Waals surface area contributed by atoms with Crippen molar-refractivity contribution in [3.05, 3.63) is 78.4 Å². The van der Waals surface area contributed by atoms with E-state index in [0.29, 0.717) is 30.0 Å². The minimum absolute atomic E-state index is 0.0192. The molecule has 146 valence electrons. The largest absolute Gasteiger partial charge is 0.484 e. The van der Waals surface area contributed by atoms with Crippen molar-refractivity contribution in [3.63, 3.8) is 0 Å². The Balaban J connectivity index is 1.29. The molecule has 1 aliphatic rings. The molecule has 29 heavy (non-hydrogen) atoms. The molecule has 2 N–H and O–H groups in total. The van der Waals surface area contributed by atoms with E-state index in [0.717, 1.165) is 17.0 Å². The third kappa shape index (κ3) is 4.93. The van der Waals surface area contributed by atoms with Crippen molar-refractivity contribution in [2.24, 2.45) is 0 Å². The molecule has 1 aliphatic heterocycles. The molecule has 3 aromatic rings. The third-order valence-corrected chi connectivity index (χ3v) is 4.46. The fourth-order valence-electron chi connectivity index (χ4n) is 3.03. The van der Waals surface area contributed by atoms with E-state index in [4.69, 9.17) is 9.47 Å². The van der Waals surface area contributed by atoms with Crippen LogP contribution in [0, 0.1) is 0 Å². The van der Waals surface area contributed by atoms with Crippen molar-refractivity contribution in [1.29, 1.82) is 0 Å². The van der Waals surface area contributed by atoms with Gasteiger partial charge < -0.3 is 20.1 Å². The molecular formula is C23H20N2O4. The van der Waals surface area contributed by atoms with Crippen LogP contribution in [0.5, 0.6) is 17.2 Å². The molecule has 0 aromatic heterocycles. The van der Waals surface area contributed by atoms with E-state index in [-0.39, 0.29) is 18.4 Å². The molecule has 0 fully saturated rings. The van der Waals surface area contributed by atoms with E-state index < -0.39 is 0 Å². The van der Waals surface area contributed by atoms with Crippen molar-refractivity contribution in [3.8, 4) is 17.2 Å². The van der Waals surface area contributed by atoms with Crippen LogP contribution in [0.15, 0.2) is 72.8 Å². The monoisotopic (exact) mass is 388 g/mol. The quantitative estimate of drug-likeness (QED) is 0.657. The molecule has 6 heteroatoms. The van der Waals surface area contributed by atoms with Gasteiger partial charge in [-0.3, -0.25) is 9.59 Å². The summed E-state index contributed by atoms with van der Waals surface area (Å²) in [7, 11) is 0. The number of carbonyl (C=O) groups excluding carboxylic acids is 2. The number of benzene rings is 3. The molecule has 6 nitrogen and oxygen atoms in total. The van der Waals surface area contributed by atoms with Crippen LogP contribution < -0.4 is 20.1 Å².